The van der Waals surface area contributed by atoms with E-state index in [0.29, 0.717) is 11.0 Å². The first kappa shape index (κ1) is 21.8. The fraction of sp³-hybridized carbons (Fsp3) is 0.263. The van der Waals surface area contributed by atoms with Crippen molar-refractivity contribution in [1.82, 2.24) is 19.2 Å². The Kier molecular flexibility index (Phi) is 5.54. The summed E-state index contributed by atoms with van der Waals surface area (Å²) in [6.45, 7) is 0.589. The van der Waals surface area contributed by atoms with E-state index in [1.807, 2.05) is 0 Å². The number of pyridine rings is 1. The molecule has 0 radical (unpaired) electrons. The Morgan fingerprint density at radius 2 is 1.77 bits per heavy atom. The van der Waals surface area contributed by atoms with Gasteiger partial charge in [-0.3, -0.25) is 4.79 Å². The van der Waals surface area contributed by atoms with Crippen LogP contribution in [0.3, 0.4) is 0 Å². The van der Waals surface area contributed by atoms with Crippen molar-refractivity contribution in [3.63, 3.8) is 0 Å². The number of carbonyl (C=O) groups excluding carboxylic acids is 1. The zero-order chi connectivity index (χ0) is 22.4. The average molecular weight is 483 g/mol. The van der Waals surface area contributed by atoms with Crippen LogP contribution in [0, 0.1) is 0 Å². The van der Waals surface area contributed by atoms with Gasteiger partial charge in [-0.05, 0) is 30.3 Å². The molecular formula is C19H19ClN4O5S2. The third kappa shape index (κ3) is 4.05. The largest absolute Gasteiger partial charge is 0.345 e. The van der Waals surface area contributed by atoms with Crippen LogP contribution in [0.15, 0.2) is 52.5 Å². The van der Waals surface area contributed by atoms with Gasteiger partial charge in [0.25, 0.3) is 5.91 Å². The second-order valence-corrected chi connectivity index (χ2v) is 11.5. The van der Waals surface area contributed by atoms with Gasteiger partial charge in [0.2, 0.25) is 10.0 Å². The lowest BCUT2D eigenvalue weighted by atomic mass is 10.2. The number of aromatic amines is 1. The monoisotopic (exact) mass is 482 g/mol. The second kappa shape index (κ2) is 7.90. The number of hydrogen-bond acceptors (Lipinski definition) is 6. The lowest BCUT2D eigenvalue weighted by Crippen LogP contribution is -2.50. The molecule has 0 saturated carbocycles. The maximum Gasteiger partial charge on any atom is 0.253 e. The summed E-state index contributed by atoms with van der Waals surface area (Å²) in [5, 5.41) is 0.554. The predicted octanol–water partition coefficient (Wildman–Crippen LogP) is 1.77. The average Bonchev–Trinajstić information content (AvgIpc) is 3.18. The molecule has 31 heavy (non-hydrogen) atoms. The van der Waals surface area contributed by atoms with Gasteiger partial charge in [-0.1, -0.05) is 11.6 Å². The number of amides is 1. The number of rotatable bonds is 4. The standard InChI is InChI=1S/C19H19ClN4O5S2/c1-30(26,27)16-11-13(4-5-15(16)20)19(25)23-7-9-24(10-8-23)31(28,29)17-12-22-18-14(17)3-2-6-21-18/h2-6,11-12H,7-10H2,1H3,(H,21,22). The molecule has 3 aromatic rings. The first-order chi connectivity index (χ1) is 14.6. The molecule has 0 atom stereocenters. The second-order valence-electron chi connectivity index (χ2n) is 7.17. The van der Waals surface area contributed by atoms with Crippen LogP contribution in [0.4, 0.5) is 0 Å². The van der Waals surface area contributed by atoms with E-state index in [2.05, 4.69) is 9.97 Å². The summed E-state index contributed by atoms with van der Waals surface area (Å²) in [6, 6.07) is 7.44. The van der Waals surface area contributed by atoms with Crippen molar-refractivity contribution in [3.8, 4) is 0 Å². The summed E-state index contributed by atoms with van der Waals surface area (Å²) in [5.74, 6) is -0.380. The molecule has 1 fully saturated rings. The molecule has 12 heteroatoms. The molecule has 0 aliphatic carbocycles. The van der Waals surface area contributed by atoms with Crippen molar-refractivity contribution in [2.45, 2.75) is 9.79 Å². The van der Waals surface area contributed by atoms with Crippen molar-refractivity contribution in [2.24, 2.45) is 0 Å². The molecular weight excluding hydrogens is 464 g/mol. The number of halogens is 1. The number of hydrogen-bond donors (Lipinski definition) is 1. The van der Waals surface area contributed by atoms with Crippen LogP contribution in [0.2, 0.25) is 5.02 Å². The van der Waals surface area contributed by atoms with Crippen molar-refractivity contribution in [3.05, 3.63) is 53.3 Å². The quantitative estimate of drug-likeness (QED) is 0.605. The summed E-state index contributed by atoms with van der Waals surface area (Å²) in [7, 11) is -7.35. The van der Waals surface area contributed by atoms with E-state index in [4.69, 9.17) is 11.6 Å². The highest BCUT2D eigenvalue weighted by molar-refractivity contribution is 7.90. The summed E-state index contributed by atoms with van der Waals surface area (Å²) in [6.07, 6.45) is 4.02. The molecule has 3 heterocycles. The molecule has 1 N–H and O–H groups in total. The normalized spacial score (nSPS) is 16.0. The van der Waals surface area contributed by atoms with Gasteiger partial charge in [0.05, 0.1) is 9.92 Å². The van der Waals surface area contributed by atoms with Crippen LogP contribution >= 0.6 is 11.6 Å². The number of nitrogens with one attached hydrogen (secondary N) is 1. The molecule has 1 saturated heterocycles. The van der Waals surface area contributed by atoms with Gasteiger partial charge in [-0.15, -0.1) is 0 Å². The van der Waals surface area contributed by atoms with E-state index in [1.165, 1.54) is 33.6 Å². The van der Waals surface area contributed by atoms with Crippen molar-refractivity contribution >= 4 is 48.4 Å². The first-order valence-electron chi connectivity index (χ1n) is 9.30. The number of carbonyl (C=O) groups is 1. The van der Waals surface area contributed by atoms with E-state index in [0.717, 1.165) is 6.26 Å². The molecule has 0 unspecified atom stereocenters. The summed E-state index contributed by atoms with van der Waals surface area (Å²) in [5.41, 5.74) is 0.670. The van der Waals surface area contributed by atoms with Crippen LogP contribution < -0.4 is 0 Å². The Hall–Kier alpha value is -2.47. The Morgan fingerprint density at radius 1 is 1.06 bits per heavy atom. The highest BCUT2D eigenvalue weighted by Crippen LogP contribution is 2.26. The molecule has 0 bridgehead atoms. The van der Waals surface area contributed by atoms with Crippen molar-refractivity contribution < 1.29 is 21.6 Å². The van der Waals surface area contributed by atoms with E-state index in [1.54, 1.807) is 18.3 Å². The SMILES string of the molecule is CS(=O)(=O)c1cc(C(=O)N2CCN(S(=O)(=O)c3c[nH]c4ncccc34)CC2)ccc1Cl. The number of sulfonamides is 1. The van der Waals surface area contributed by atoms with E-state index in [-0.39, 0.29) is 52.5 Å². The van der Waals surface area contributed by atoms with Crippen LogP contribution in [-0.4, -0.2) is 74.4 Å². The summed E-state index contributed by atoms with van der Waals surface area (Å²) in [4.78, 5) is 21.4. The maximum absolute atomic E-state index is 13.1. The highest BCUT2D eigenvalue weighted by Gasteiger charge is 2.32. The number of H-pyrrole nitrogens is 1. The van der Waals surface area contributed by atoms with Gasteiger partial charge >= 0.3 is 0 Å². The Bertz CT molecular complexity index is 1380. The third-order valence-corrected chi connectivity index (χ3v) is 8.65. The zero-order valence-electron chi connectivity index (χ0n) is 16.4. The van der Waals surface area contributed by atoms with Gasteiger partial charge in [0.15, 0.2) is 9.84 Å². The lowest BCUT2D eigenvalue weighted by Gasteiger charge is -2.34. The molecule has 0 spiro atoms. The van der Waals surface area contributed by atoms with Crippen LogP contribution in [0.25, 0.3) is 11.0 Å². The van der Waals surface area contributed by atoms with E-state index >= 15 is 0 Å². The van der Waals surface area contributed by atoms with Crippen molar-refractivity contribution in [2.75, 3.05) is 32.4 Å². The van der Waals surface area contributed by atoms with Gasteiger partial charge in [-0.2, -0.15) is 4.31 Å². The maximum atomic E-state index is 13.1. The Labute approximate surface area is 184 Å². The number of fused-ring (bicyclic) bond motifs is 1. The van der Waals surface area contributed by atoms with Gasteiger partial charge < -0.3 is 9.88 Å². The lowest BCUT2D eigenvalue weighted by molar-refractivity contribution is 0.0697. The molecule has 1 amide bonds. The molecule has 4 rings (SSSR count). The summed E-state index contributed by atoms with van der Waals surface area (Å²) >= 11 is 5.95. The fourth-order valence-electron chi connectivity index (χ4n) is 3.52. The van der Waals surface area contributed by atoms with Crippen LogP contribution in [-0.2, 0) is 19.9 Å². The third-order valence-electron chi connectivity index (χ3n) is 5.13. The topological polar surface area (TPSA) is 121 Å². The number of benzene rings is 1. The van der Waals surface area contributed by atoms with Crippen LogP contribution in [0.5, 0.6) is 0 Å². The minimum absolute atomic E-state index is 0.0446. The van der Waals surface area contributed by atoms with Crippen molar-refractivity contribution in [1.29, 1.82) is 0 Å². The zero-order valence-corrected chi connectivity index (χ0v) is 18.8. The molecule has 2 aromatic heterocycles. The molecule has 1 aromatic carbocycles. The first-order valence-corrected chi connectivity index (χ1v) is 13.0. The molecule has 164 valence electrons. The van der Waals surface area contributed by atoms with Gasteiger partial charge in [0, 0.05) is 55.8 Å². The smallest absolute Gasteiger partial charge is 0.253 e. The van der Waals surface area contributed by atoms with Gasteiger partial charge in [0.1, 0.15) is 10.5 Å². The Morgan fingerprint density at radius 3 is 2.45 bits per heavy atom. The number of nitrogens with zero attached hydrogens (tertiary/aromatic N) is 3. The fourth-order valence-corrected chi connectivity index (χ4v) is 6.39. The summed E-state index contributed by atoms with van der Waals surface area (Å²) < 4.78 is 51.3. The number of sulfone groups is 1. The van der Waals surface area contributed by atoms with E-state index < -0.39 is 19.9 Å². The van der Waals surface area contributed by atoms with E-state index in [9.17, 15) is 21.6 Å². The minimum atomic E-state index is -3.76. The molecule has 1 aliphatic rings. The number of piperazine rings is 1. The Balaban J connectivity index is 1.52. The van der Waals surface area contributed by atoms with Gasteiger partial charge in [-0.25, -0.2) is 21.8 Å². The molecule has 1 aliphatic heterocycles. The minimum Gasteiger partial charge on any atom is -0.345 e. The highest BCUT2D eigenvalue weighted by atomic mass is 35.5. The molecule has 9 nitrogen and oxygen atoms in total. The van der Waals surface area contributed by atoms with Crippen LogP contribution in [0.1, 0.15) is 10.4 Å². The number of aromatic nitrogens is 2. The predicted molar refractivity (Wildman–Crippen MR) is 115 cm³/mol.